The van der Waals surface area contributed by atoms with Gasteiger partial charge in [-0.1, -0.05) is 42.5 Å². The van der Waals surface area contributed by atoms with E-state index in [-0.39, 0.29) is 18.7 Å². The first-order valence-corrected chi connectivity index (χ1v) is 13.3. The molecule has 2 atom stereocenters. The number of carbonyl (C=O) groups is 5. The number of aromatic nitrogens is 1. The normalized spacial score (nSPS) is 19.8. The van der Waals surface area contributed by atoms with Crippen LogP contribution in [0.5, 0.6) is 0 Å². The van der Waals surface area contributed by atoms with E-state index in [0.29, 0.717) is 6.42 Å². The molecule has 3 aromatic rings. The fourth-order valence-electron chi connectivity index (χ4n) is 5.55. The number of carbonyl (C=O) groups excluding carboxylic acids is 5. The van der Waals surface area contributed by atoms with Crippen LogP contribution in [0.25, 0.3) is 22.0 Å². The summed E-state index contributed by atoms with van der Waals surface area (Å²) in [5.41, 5.74) is 6.21. The van der Waals surface area contributed by atoms with E-state index in [1.165, 1.54) is 14.0 Å². The number of H-pyrrole nitrogens is 1. The summed E-state index contributed by atoms with van der Waals surface area (Å²) in [5.74, 6) is -2.71. The van der Waals surface area contributed by atoms with Crippen LogP contribution in [0.3, 0.4) is 0 Å². The van der Waals surface area contributed by atoms with Crippen LogP contribution in [-0.2, 0) is 41.6 Å². The van der Waals surface area contributed by atoms with Crippen LogP contribution in [0.1, 0.15) is 35.7 Å². The van der Waals surface area contributed by atoms with Crippen LogP contribution in [0, 0.1) is 0 Å². The Morgan fingerprint density at radius 3 is 2.41 bits per heavy atom. The summed E-state index contributed by atoms with van der Waals surface area (Å²) in [4.78, 5) is 66.8. The first-order chi connectivity index (χ1) is 19.7. The number of allylic oxidation sites excluding steroid dienone is 1. The Morgan fingerprint density at radius 1 is 0.902 bits per heavy atom. The number of amides is 4. The molecule has 0 saturated carbocycles. The maximum absolute atomic E-state index is 13.2. The summed E-state index contributed by atoms with van der Waals surface area (Å²) in [6.45, 7) is 0.540. The van der Waals surface area contributed by atoms with Gasteiger partial charge in [-0.15, -0.1) is 0 Å². The van der Waals surface area contributed by atoms with E-state index < -0.39 is 48.9 Å². The number of aromatic amines is 1. The van der Waals surface area contributed by atoms with Crippen LogP contribution in [-0.4, -0.2) is 66.9 Å². The molecule has 2 aliphatic rings. The topological polar surface area (TPSA) is 158 Å². The molecule has 0 saturated heterocycles. The zero-order valence-electron chi connectivity index (χ0n) is 22.8. The van der Waals surface area contributed by atoms with Gasteiger partial charge in [-0.25, -0.2) is 4.79 Å². The predicted octanol–water partition coefficient (Wildman–Crippen LogP) is 0.976. The third kappa shape index (κ3) is 5.84. The van der Waals surface area contributed by atoms with Gasteiger partial charge in [-0.2, -0.15) is 0 Å². The Hall–Kier alpha value is -4.93. The number of hydrogen-bond donors (Lipinski definition) is 5. The summed E-state index contributed by atoms with van der Waals surface area (Å²) >= 11 is 0. The van der Waals surface area contributed by atoms with E-state index in [4.69, 9.17) is 4.74 Å². The minimum atomic E-state index is -1.02. The van der Waals surface area contributed by atoms with Crippen molar-refractivity contribution in [3.63, 3.8) is 0 Å². The highest BCUT2D eigenvalue weighted by molar-refractivity contribution is 6.03. The lowest BCUT2D eigenvalue weighted by molar-refractivity contribution is -0.145. The molecule has 0 bridgehead atoms. The smallest absolute Gasteiger partial charge is 0.328 e. The minimum absolute atomic E-state index is 0.119. The Morgan fingerprint density at radius 2 is 1.63 bits per heavy atom. The van der Waals surface area contributed by atoms with E-state index in [0.717, 1.165) is 44.4 Å². The Bertz CT molecular complexity index is 1590. The van der Waals surface area contributed by atoms with Crippen LogP contribution < -0.4 is 21.3 Å². The molecular weight excluding hydrogens is 526 g/mol. The molecule has 1 aliphatic heterocycles. The maximum Gasteiger partial charge on any atom is 0.328 e. The van der Waals surface area contributed by atoms with E-state index in [2.05, 4.69) is 26.3 Å². The van der Waals surface area contributed by atoms with Crippen LogP contribution in [0.2, 0.25) is 0 Å². The lowest BCUT2D eigenvalue weighted by atomic mass is 9.93. The van der Waals surface area contributed by atoms with Crippen molar-refractivity contribution in [3.05, 3.63) is 70.9 Å². The average molecular weight is 558 g/mol. The number of hydrogen-bond acceptors (Lipinski definition) is 6. The van der Waals surface area contributed by atoms with Gasteiger partial charge in [-0.05, 0) is 33.9 Å². The summed E-state index contributed by atoms with van der Waals surface area (Å²) in [7, 11) is 1.25. The van der Waals surface area contributed by atoms with Gasteiger partial charge in [0.1, 0.15) is 12.1 Å². The molecule has 0 spiro atoms. The quantitative estimate of drug-likeness (QED) is 0.296. The Kier molecular flexibility index (Phi) is 7.86. The molecule has 1 aliphatic carbocycles. The highest BCUT2D eigenvalue weighted by atomic mass is 16.5. The molecule has 5 rings (SSSR count). The van der Waals surface area contributed by atoms with Gasteiger partial charge in [-0.3, -0.25) is 19.2 Å². The third-order valence-electron chi connectivity index (χ3n) is 7.39. The van der Waals surface area contributed by atoms with Gasteiger partial charge >= 0.3 is 5.97 Å². The molecule has 212 valence electrons. The molecule has 0 fully saturated rings. The van der Waals surface area contributed by atoms with Crippen LogP contribution in [0.4, 0.5) is 0 Å². The van der Waals surface area contributed by atoms with E-state index in [1.54, 1.807) is 0 Å². The molecule has 0 radical (unpaired) electrons. The van der Waals surface area contributed by atoms with E-state index in [9.17, 15) is 24.0 Å². The molecule has 2 heterocycles. The first kappa shape index (κ1) is 27.6. The molecule has 1 aromatic heterocycles. The zero-order valence-corrected chi connectivity index (χ0v) is 22.8. The maximum atomic E-state index is 13.2. The van der Waals surface area contributed by atoms with Crippen molar-refractivity contribution in [2.24, 2.45) is 0 Å². The number of methoxy groups -OCH3 is 1. The second-order valence-electron chi connectivity index (χ2n) is 10.1. The van der Waals surface area contributed by atoms with Gasteiger partial charge in [0.05, 0.1) is 20.2 Å². The zero-order chi connectivity index (χ0) is 29.1. The van der Waals surface area contributed by atoms with Gasteiger partial charge in [0.25, 0.3) is 0 Å². The summed E-state index contributed by atoms with van der Waals surface area (Å²) < 4.78 is 5.02. The number of rotatable bonds is 2. The summed E-state index contributed by atoms with van der Waals surface area (Å²) in [6.07, 6.45) is 0.844. The molecule has 2 aromatic carbocycles. The van der Waals surface area contributed by atoms with Gasteiger partial charge in [0, 0.05) is 42.8 Å². The monoisotopic (exact) mass is 557 g/mol. The second kappa shape index (κ2) is 11.7. The van der Waals surface area contributed by atoms with Gasteiger partial charge in [0.15, 0.2) is 0 Å². The second-order valence-corrected chi connectivity index (χ2v) is 10.1. The molecule has 11 heteroatoms. The molecule has 4 amide bonds. The first-order valence-electron chi connectivity index (χ1n) is 13.3. The molecular formula is C30H31N5O6. The van der Waals surface area contributed by atoms with Crippen LogP contribution in [0.15, 0.2) is 48.5 Å². The fraction of sp³-hybridized carbons (Fsp3) is 0.300. The van der Waals surface area contributed by atoms with Crippen molar-refractivity contribution in [2.45, 2.75) is 38.3 Å². The number of para-hydroxylation sites is 1. The van der Waals surface area contributed by atoms with Crippen molar-refractivity contribution in [1.29, 1.82) is 0 Å². The van der Waals surface area contributed by atoms with Gasteiger partial charge < -0.3 is 31.0 Å². The number of esters is 1. The summed E-state index contributed by atoms with van der Waals surface area (Å²) in [5, 5.41) is 11.3. The highest BCUT2D eigenvalue weighted by Crippen LogP contribution is 2.43. The lowest BCUT2D eigenvalue weighted by Crippen LogP contribution is -2.50. The Balaban J connectivity index is 1.70. The SMILES string of the molecule is COC(=O)[C@@H]1Cc2c([nH]c3ccccc23)C2=C(C[C@H](NC(C)=O)C(=O)NCC(=O)NCC(=O)N1)c1ccccc1C2. The highest BCUT2D eigenvalue weighted by Gasteiger charge is 2.32. The van der Waals surface area contributed by atoms with Crippen LogP contribution >= 0.6 is 0 Å². The standard InChI is InChI=1S/C30H31N5O6/c1-16(36)33-24-12-20-18-8-4-3-7-17(18)11-21(20)28-22(19-9-5-6-10-23(19)35-28)13-25(30(40)41-2)34-27(38)15-31-26(37)14-32-29(24)39/h3-10,24-25,35H,11-15H2,1-2H3,(H,31,37)(H,32,39)(H,33,36)(H,34,38)/t24-,25-/m0/s1. The fourth-order valence-corrected chi connectivity index (χ4v) is 5.55. The third-order valence-corrected chi connectivity index (χ3v) is 7.39. The molecule has 0 unspecified atom stereocenters. The van der Waals surface area contributed by atoms with Crippen molar-refractivity contribution < 1.29 is 28.7 Å². The minimum Gasteiger partial charge on any atom is -0.467 e. The number of nitrogens with one attached hydrogen (secondary N) is 5. The molecule has 11 nitrogen and oxygen atoms in total. The van der Waals surface area contributed by atoms with Crippen molar-refractivity contribution >= 4 is 51.6 Å². The molecule has 5 N–H and O–H groups in total. The van der Waals surface area contributed by atoms with Crippen molar-refractivity contribution in [3.8, 4) is 0 Å². The Labute approximate surface area is 236 Å². The predicted molar refractivity (Wildman–Crippen MR) is 151 cm³/mol. The van der Waals surface area contributed by atoms with Crippen molar-refractivity contribution in [2.75, 3.05) is 20.2 Å². The van der Waals surface area contributed by atoms with E-state index >= 15 is 0 Å². The number of fused-ring (bicyclic) bond motifs is 6. The summed E-state index contributed by atoms with van der Waals surface area (Å²) in [6, 6.07) is 13.6. The van der Waals surface area contributed by atoms with Crippen molar-refractivity contribution in [1.82, 2.24) is 26.3 Å². The largest absolute Gasteiger partial charge is 0.467 e. The van der Waals surface area contributed by atoms with E-state index in [1.807, 2.05) is 48.5 Å². The lowest BCUT2D eigenvalue weighted by Gasteiger charge is -2.21. The average Bonchev–Trinajstić information content (AvgIpc) is 3.51. The number of ether oxygens (including phenoxy) is 1. The van der Waals surface area contributed by atoms with Gasteiger partial charge in [0.2, 0.25) is 23.6 Å². The number of benzene rings is 2. The molecule has 41 heavy (non-hydrogen) atoms.